The molecule has 0 saturated carbocycles. The fourth-order valence-electron chi connectivity index (χ4n) is 3.86. The van der Waals surface area contributed by atoms with Crippen LogP contribution in [0.5, 0.6) is 0 Å². The zero-order chi connectivity index (χ0) is 23.1. The first kappa shape index (κ1) is 27.7. The van der Waals surface area contributed by atoms with Gasteiger partial charge in [-0.3, -0.25) is 4.79 Å². The fraction of sp³-hybridized carbons (Fsp3) is 0.920. The maximum absolute atomic E-state index is 12.8. The van der Waals surface area contributed by atoms with Crippen LogP contribution in [0.4, 0.5) is 4.79 Å². The number of nitrogens with one attached hydrogen (secondary N) is 1. The number of likely N-dealkylation sites (tertiary alicyclic amines) is 1. The van der Waals surface area contributed by atoms with E-state index in [2.05, 4.69) is 19.2 Å². The number of hydrogen-bond donors (Lipinski definition) is 1. The standard InChI is InChI=1S/C25H48N2O4/c1-6-8-10-12-13-15-17-26-23(28)21-19-27(24(29)31-25(3,4)5)20-22(21)30-18-16-14-11-9-7-2/h21-22H,6-20H2,1-5H3,(H,26,28)/t21-,22+/m1/s1. The van der Waals surface area contributed by atoms with Crippen molar-refractivity contribution >= 4 is 12.0 Å². The van der Waals surface area contributed by atoms with Crippen LogP contribution in [0.15, 0.2) is 0 Å². The highest BCUT2D eigenvalue weighted by Gasteiger charge is 2.41. The second-order valence-electron chi connectivity index (χ2n) is 9.87. The average Bonchev–Trinajstić information content (AvgIpc) is 3.13. The van der Waals surface area contributed by atoms with Crippen molar-refractivity contribution in [3.8, 4) is 0 Å². The molecular weight excluding hydrogens is 392 g/mol. The number of nitrogens with zero attached hydrogens (tertiary/aromatic N) is 1. The van der Waals surface area contributed by atoms with Crippen LogP contribution in [-0.4, -0.2) is 54.8 Å². The Morgan fingerprint density at radius 1 is 0.871 bits per heavy atom. The van der Waals surface area contributed by atoms with Gasteiger partial charge in [0.05, 0.1) is 18.6 Å². The Morgan fingerprint density at radius 3 is 2.06 bits per heavy atom. The van der Waals surface area contributed by atoms with E-state index in [1.54, 1.807) is 4.90 Å². The summed E-state index contributed by atoms with van der Waals surface area (Å²) in [6, 6.07) is 0. The minimum Gasteiger partial charge on any atom is -0.444 e. The normalized spacial score (nSPS) is 18.9. The highest BCUT2D eigenvalue weighted by molar-refractivity contribution is 5.81. The topological polar surface area (TPSA) is 67.9 Å². The Balaban J connectivity index is 2.50. The summed E-state index contributed by atoms with van der Waals surface area (Å²) in [4.78, 5) is 27.0. The molecule has 0 aromatic carbocycles. The molecule has 31 heavy (non-hydrogen) atoms. The van der Waals surface area contributed by atoms with Gasteiger partial charge in [0.2, 0.25) is 5.91 Å². The Morgan fingerprint density at radius 2 is 1.45 bits per heavy atom. The van der Waals surface area contributed by atoms with Crippen molar-refractivity contribution < 1.29 is 19.1 Å². The second kappa shape index (κ2) is 15.5. The van der Waals surface area contributed by atoms with Crippen molar-refractivity contribution in [3.05, 3.63) is 0 Å². The van der Waals surface area contributed by atoms with E-state index in [0.717, 1.165) is 25.7 Å². The van der Waals surface area contributed by atoms with Gasteiger partial charge in [-0.25, -0.2) is 4.79 Å². The molecule has 1 rings (SSSR count). The van der Waals surface area contributed by atoms with Gasteiger partial charge in [0, 0.05) is 19.7 Å². The van der Waals surface area contributed by atoms with Gasteiger partial charge in [0.25, 0.3) is 0 Å². The van der Waals surface area contributed by atoms with E-state index in [1.165, 1.54) is 44.9 Å². The molecule has 0 spiro atoms. The van der Waals surface area contributed by atoms with Crippen molar-refractivity contribution in [2.24, 2.45) is 5.92 Å². The predicted molar refractivity (Wildman–Crippen MR) is 126 cm³/mol. The summed E-state index contributed by atoms with van der Waals surface area (Å²) in [7, 11) is 0. The molecule has 1 N–H and O–H groups in total. The molecule has 2 amide bonds. The van der Waals surface area contributed by atoms with Gasteiger partial charge >= 0.3 is 6.09 Å². The summed E-state index contributed by atoms with van der Waals surface area (Å²) < 4.78 is 11.6. The van der Waals surface area contributed by atoms with E-state index in [-0.39, 0.29) is 24.0 Å². The van der Waals surface area contributed by atoms with Crippen molar-refractivity contribution in [2.75, 3.05) is 26.2 Å². The van der Waals surface area contributed by atoms with Gasteiger partial charge in [-0.05, 0) is 33.6 Å². The lowest BCUT2D eigenvalue weighted by Crippen LogP contribution is -2.39. The van der Waals surface area contributed by atoms with E-state index >= 15 is 0 Å². The molecule has 0 aromatic heterocycles. The lowest BCUT2D eigenvalue weighted by molar-refractivity contribution is -0.128. The molecule has 6 heteroatoms. The maximum atomic E-state index is 12.8. The first-order valence-electron chi connectivity index (χ1n) is 12.7. The van der Waals surface area contributed by atoms with Gasteiger partial charge in [0.15, 0.2) is 0 Å². The van der Waals surface area contributed by atoms with Gasteiger partial charge in [-0.2, -0.15) is 0 Å². The molecule has 182 valence electrons. The summed E-state index contributed by atoms with van der Waals surface area (Å²) in [5.74, 6) is -0.334. The lowest BCUT2D eigenvalue weighted by atomic mass is 10.0. The number of carbonyl (C=O) groups excluding carboxylic acids is 2. The molecule has 2 atom stereocenters. The van der Waals surface area contributed by atoms with E-state index in [9.17, 15) is 9.59 Å². The van der Waals surface area contributed by atoms with E-state index < -0.39 is 5.60 Å². The fourth-order valence-corrected chi connectivity index (χ4v) is 3.86. The van der Waals surface area contributed by atoms with Crippen molar-refractivity contribution in [1.82, 2.24) is 10.2 Å². The Hall–Kier alpha value is -1.30. The van der Waals surface area contributed by atoms with Crippen molar-refractivity contribution in [1.29, 1.82) is 0 Å². The molecule has 0 unspecified atom stereocenters. The van der Waals surface area contributed by atoms with Crippen LogP contribution in [0, 0.1) is 5.92 Å². The van der Waals surface area contributed by atoms with Crippen LogP contribution in [0.3, 0.4) is 0 Å². The SMILES string of the molecule is CCCCCCCCNC(=O)[C@@H]1CN(C(=O)OC(C)(C)C)C[C@@H]1OCCCCCCC. The quantitative estimate of drug-likeness (QED) is 0.332. The molecule has 1 saturated heterocycles. The highest BCUT2D eigenvalue weighted by Crippen LogP contribution is 2.23. The number of carbonyl (C=O) groups is 2. The summed E-state index contributed by atoms with van der Waals surface area (Å²) >= 11 is 0. The largest absolute Gasteiger partial charge is 0.444 e. The molecule has 6 nitrogen and oxygen atoms in total. The van der Waals surface area contributed by atoms with E-state index in [4.69, 9.17) is 9.47 Å². The average molecular weight is 441 g/mol. The zero-order valence-corrected chi connectivity index (χ0v) is 20.8. The van der Waals surface area contributed by atoms with Crippen LogP contribution in [-0.2, 0) is 14.3 Å². The third-order valence-corrected chi connectivity index (χ3v) is 5.66. The lowest BCUT2D eigenvalue weighted by Gasteiger charge is -2.24. The summed E-state index contributed by atoms with van der Waals surface area (Å²) in [6.07, 6.45) is 12.4. The molecule has 0 radical (unpaired) electrons. The van der Waals surface area contributed by atoms with E-state index in [1.807, 2.05) is 20.8 Å². The van der Waals surface area contributed by atoms with Gasteiger partial charge in [-0.15, -0.1) is 0 Å². The minimum absolute atomic E-state index is 0.00407. The number of unbranched alkanes of at least 4 members (excludes halogenated alkanes) is 9. The van der Waals surface area contributed by atoms with E-state index in [0.29, 0.717) is 26.2 Å². The van der Waals surface area contributed by atoms with Gasteiger partial charge in [0.1, 0.15) is 5.60 Å². The summed E-state index contributed by atoms with van der Waals surface area (Å²) in [5, 5.41) is 3.07. The molecular formula is C25H48N2O4. The smallest absolute Gasteiger partial charge is 0.410 e. The minimum atomic E-state index is -0.551. The molecule has 0 bridgehead atoms. The van der Waals surface area contributed by atoms with Crippen LogP contribution < -0.4 is 5.32 Å². The predicted octanol–water partition coefficient (Wildman–Crippen LogP) is 5.69. The van der Waals surface area contributed by atoms with Crippen LogP contribution in [0.25, 0.3) is 0 Å². The van der Waals surface area contributed by atoms with Gasteiger partial charge < -0.3 is 19.7 Å². The highest BCUT2D eigenvalue weighted by atomic mass is 16.6. The zero-order valence-electron chi connectivity index (χ0n) is 20.8. The molecule has 1 fully saturated rings. The van der Waals surface area contributed by atoms with Crippen LogP contribution in [0.1, 0.15) is 105 Å². The molecule has 1 aliphatic heterocycles. The van der Waals surface area contributed by atoms with Crippen LogP contribution >= 0.6 is 0 Å². The molecule has 1 aliphatic rings. The monoisotopic (exact) mass is 440 g/mol. The number of rotatable bonds is 15. The van der Waals surface area contributed by atoms with Crippen LogP contribution in [0.2, 0.25) is 0 Å². The first-order chi connectivity index (χ1) is 14.8. The number of amides is 2. The molecule has 0 aromatic rings. The second-order valence-corrected chi connectivity index (χ2v) is 9.87. The van der Waals surface area contributed by atoms with Gasteiger partial charge in [-0.1, -0.05) is 71.6 Å². The Bertz CT molecular complexity index is 504. The third-order valence-electron chi connectivity index (χ3n) is 5.66. The van der Waals surface area contributed by atoms with Crippen molar-refractivity contribution in [3.63, 3.8) is 0 Å². The molecule has 1 heterocycles. The molecule has 0 aliphatic carbocycles. The number of hydrogen-bond acceptors (Lipinski definition) is 4. The number of ether oxygens (including phenoxy) is 2. The summed E-state index contributed by atoms with van der Waals surface area (Å²) in [6.45, 7) is 12.1. The Kier molecular flexibility index (Phi) is 13.9. The first-order valence-corrected chi connectivity index (χ1v) is 12.7. The Labute approximate surface area is 190 Å². The maximum Gasteiger partial charge on any atom is 0.410 e. The third kappa shape index (κ3) is 12.4. The van der Waals surface area contributed by atoms with Crippen molar-refractivity contribution in [2.45, 2.75) is 117 Å². The summed E-state index contributed by atoms with van der Waals surface area (Å²) in [5.41, 5.74) is -0.551.